The van der Waals surface area contributed by atoms with Gasteiger partial charge in [0.25, 0.3) is 0 Å². The number of rotatable bonds is 5. The van der Waals surface area contributed by atoms with Gasteiger partial charge >= 0.3 is 0 Å². The van der Waals surface area contributed by atoms with Crippen molar-refractivity contribution in [3.63, 3.8) is 0 Å². The first kappa shape index (κ1) is 24.2. The summed E-state index contributed by atoms with van der Waals surface area (Å²) in [5.74, 6) is 0.925. The summed E-state index contributed by atoms with van der Waals surface area (Å²) in [6.45, 7) is 11.6. The minimum Gasteiger partial charge on any atom is -0.598 e. The third-order valence-corrected chi connectivity index (χ3v) is 9.89. The third kappa shape index (κ3) is 4.78. The molecule has 3 aliphatic rings. The summed E-state index contributed by atoms with van der Waals surface area (Å²) in [6, 6.07) is 6.50. The van der Waals surface area contributed by atoms with Crippen LogP contribution in [0.1, 0.15) is 46.1 Å². The summed E-state index contributed by atoms with van der Waals surface area (Å²) in [4.78, 5) is 13.0. The summed E-state index contributed by atoms with van der Waals surface area (Å²) in [5.41, 5.74) is 2.63. The van der Waals surface area contributed by atoms with Gasteiger partial charge in [0.15, 0.2) is 0 Å². The second-order valence-electron chi connectivity index (χ2n) is 10.6. The van der Waals surface area contributed by atoms with E-state index in [9.17, 15) is 4.55 Å². The fourth-order valence-corrected chi connectivity index (χ4v) is 7.12. The molecule has 2 saturated heterocycles. The maximum atomic E-state index is 12.8. The van der Waals surface area contributed by atoms with Gasteiger partial charge in [-0.3, -0.25) is 0 Å². The molecule has 0 saturated carbocycles. The van der Waals surface area contributed by atoms with Crippen LogP contribution < -0.4 is 14.9 Å². The number of aromatic nitrogens is 2. The molecule has 7 nitrogen and oxygen atoms in total. The first-order chi connectivity index (χ1) is 16.2. The Kier molecular flexibility index (Phi) is 6.76. The number of anilines is 2. The summed E-state index contributed by atoms with van der Waals surface area (Å²) in [5, 5.41) is 4.36. The van der Waals surface area contributed by atoms with Crippen LogP contribution >= 0.6 is 11.8 Å². The number of nitrogens with zero attached hydrogens (tertiary/aromatic N) is 3. The highest BCUT2D eigenvalue weighted by molar-refractivity contribution is 7.99. The van der Waals surface area contributed by atoms with E-state index in [1.54, 1.807) is 11.8 Å². The molecule has 9 heteroatoms. The fraction of sp³-hybridized carbons (Fsp3) is 0.600. The van der Waals surface area contributed by atoms with Gasteiger partial charge in [0.05, 0.1) is 31.1 Å². The van der Waals surface area contributed by atoms with E-state index in [2.05, 4.69) is 40.1 Å². The Morgan fingerprint density at radius 2 is 2.03 bits per heavy atom. The van der Waals surface area contributed by atoms with Crippen molar-refractivity contribution in [1.82, 2.24) is 14.7 Å². The molecule has 4 heterocycles. The predicted molar refractivity (Wildman–Crippen MR) is 139 cm³/mol. The molecule has 0 aliphatic carbocycles. The highest BCUT2D eigenvalue weighted by Gasteiger charge is 2.52. The van der Waals surface area contributed by atoms with E-state index >= 15 is 0 Å². The van der Waals surface area contributed by atoms with Crippen LogP contribution in [-0.2, 0) is 22.5 Å². The van der Waals surface area contributed by atoms with E-state index in [0.717, 1.165) is 56.3 Å². The van der Waals surface area contributed by atoms with Crippen molar-refractivity contribution in [2.24, 2.45) is 5.41 Å². The molecule has 2 aromatic rings. The number of fused-ring (bicyclic) bond motifs is 1. The van der Waals surface area contributed by atoms with Gasteiger partial charge in [0.1, 0.15) is 15.6 Å². The van der Waals surface area contributed by atoms with Crippen molar-refractivity contribution in [2.75, 3.05) is 36.5 Å². The molecular weight excluding hydrogens is 466 g/mol. The van der Waals surface area contributed by atoms with Crippen molar-refractivity contribution >= 4 is 34.6 Å². The molecule has 2 N–H and O–H groups in total. The topological polar surface area (TPSA) is 85.4 Å². The SMILES string of the molecule is C[C@@H]1OCC2(CCN(c3cnc(Sc4cccc5c4CCN5)cn3)CC2)[C@@H]1N[S+]([O-])C(C)(C)C. The third-order valence-electron chi connectivity index (χ3n) is 7.29. The van der Waals surface area contributed by atoms with Gasteiger partial charge in [-0.1, -0.05) is 17.8 Å². The van der Waals surface area contributed by atoms with E-state index in [1.165, 1.54) is 16.1 Å². The van der Waals surface area contributed by atoms with E-state index in [0.29, 0.717) is 0 Å². The lowest BCUT2D eigenvalue weighted by atomic mass is 9.73. The minimum absolute atomic E-state index is 0.0156. The largest absolute Gasteiger partial charge is 0.598 e. The smallest absolute Gasteiger partial charge is 0.147 e. The van der Waals surface area contributed by atoms with Gasteiger partial charge in [-0.15, -0.1) is 4.72 Å². The predicted octanol–water partition coefficient (Wildman–Crippen LogP) is 4.02. The molecule has 0 radical (unpaired) electrons. The zero-order valence-corrected chi connectivity index (χ0v) is 22.1. The van der Waals surface area contributed by atoms with Gasteiger partial charge in [0.2, 0.25) is 0 Å². The number of benzene rings is 1. The van der Waals surface area contributed by atoms with Crippen LogP contribution in [-0.4, -0.2) is 57.7 Å². The fourth-order valence-electron chi connectivity index (χ4n) is 5.18. The quantitative estimate of drug-likeness (QED) is 0.594. The summed E-state index contributed by atoms with van der Waals surface area (Å²) >= 11 is 0.574. The molecule has 34 heavy (non-hydrogen) atoms. The summed E-state index contributed by atoms with van der Waals surface area (Å²) < 4.78 is 22.0. The van der Waals surface area contributed by atoms with Crippen LogP contribution in [0.2, 0.25) is 0 Å². The second kappa shape index (κ2) is 9.50. The Hall–Kier alpha value is -1.52. The molecule has 3 atom stereocenters. The number of nitrogens with one attached hydrogen (secondary N) is 2. The lowest BCUT2D eigenvalue weighted by molar-refractivity contribution is 0.0973. The Labute approximate surface area is 210 Å². The van der Waals surface area contributed by atoms with Gasteiger partial charge < -0.3 is 19.5 Å². The summed E-state index contributed by atoms with van der Waals surface area (Å²) in [6.07, 6.45) is 6.88. The Bertz CT molecular complexity index is 1010. The first-order valence-corrected chi connectivity index (χ1v) is 14.1. The highest BCUT2D eigenvalue weighted by Crippen LogP contribution is 2.43. The van der Waals surface area contributed by atoms with Crippen molar-refractivity contribution < 1.29 is 9.29 Å². The van der Waals surface area contributed by atoms with Gasteiger partial charge in [-0.2, -0.15) is 0 Å². The number of hydrogen-bond donors (Lipinski definition) is 2. The van der Waals surface area contributed by atoms with Crippen LogP contribution in [0.3, 0.4) is 0 Å². The van der Waals surface area contributed by atoms with Crippen LogP contribution in [0.15, 0.2) is 40.5 Å². The van der Waals surface area contributed by atoms with Gasteiger partial charge in [-0.05, 0) is 64.7 Å². The van der Waals surface area contributed by atoms with Crippen molar-refractivity contribution in [3.05, 3.63) is 36.2 Å². The van der Waals surface area contributed by atoms with Gasteiger partial charge in [-0.25, -0.2) is 9.97 Å². The number of ether oxygens (including phenoxy) is 1. The van der Waals surface area contributed by atoms with E-state index < -0.39 is 11.4 Å². The minimum atomic E-state index is -1.11. The molecule has 1 unspecified atom stereocenters. The van der Waals surface area contributed by atoms with E-state index in [1.807, 2.05) is 33.2 Å². The molecule has 0 amide bonds. The second-order valence-corrected chi connectivity index (χ2v) is 13.7. The van der Waals surface area contributed by atoms with Crippen molar-refractivity contribution in [1.29, 1.82) is 0 Å². The standard InChI is InChI=1S/C25H35N5O2S2/c1-17-23(29-34(31)24(2,3)4)25(16-32-17)9-12-30(13-10-25)21-14-28-22(15-27-21)33-20-7-5-6-19-18(20)8-11-26-19/h5-7,14-15,17,23,26,29H,8-13,16H2,1-4H3/t17-,23+,34?/m0/s1. The molecule has 184 valence electrons. The zero-order valence-electron chi connectivity index (χ0n) is 20.5. The maximum absolute atomic E-state index is 12.8. The number of piperidine rings is 1. The van der Waals surface area contributed by atoms with Crippen molar-refractivity contribution in [2.45, 2.75) is 73.8 Å². The molecule has 1 aromatic carbocycles. The lowest BCUT2D eigenvalue weighted by Crippen LogP contribution is -2.56. The summed E-state index contributed by atoms with van der Waals surface area (Å²) in [7, 11) is 0. The van der Waals surface area contributed by atoms with Crippen LogP contribution in [0.4, 0.5) is 11.5 Å². The van der Waals surface area contributed by atoms with Gasteiger partial charge in [0, 0.05) is 47.0 Å². The van der Waals surface area contributed by atoms with Crippen LogP contribution in [0.5, 0.6) is 0 Å². The monoisotopic (exact) mass is 501 g/mol. The molecule has 5 rings (SSSR count). The highest BCUT2D eigenvalue weighted by atomic mass is 32.2. The molecule has 1 spiro atoms. The zero-order chi connectivity index (χ0) is 23.9. The average molecular weight is 502 g/mol. The van der Waals surface area contributed by atoms with Crippen molar-refractivity contribution in [3.8, 4) is 0 Å². The van der Waals surface area contributed by atoms with Crippen LogP contribution in [0.25, 0.3) is 0 Å². The normalized spacial score (nSPS) is 24.8. The molecule has 1 aromatic heterocycles. The van der Waals surface area contributed by atoms with E-state index in [4.69, 9.17) is 14.7 Å². The Morgan fingerprint density at radius 3 is 2.74 bits per heavy atom. The lowest BCUT2D eigenvalue weighted by Gasteiger charge is -2.43. The first-order valence-electron chi connectivity index (χ1n) is 12.2. The Morgan fingerprint density at radius 1 is 1.24 bits per heavy atom. The van der Waals surface area contributed by atoms with Crippen LogP contribution in [0, 0.1) is 5.41 Å². The Balaban J connectivity index is 1.22. The number of hydrogen-bond acceptors (Lipinski definition) is 8. The molecule has 3 aliphatic heterocycles. The maximum Gasteiger partial charge on any atom is 0.147 e. The molecule has 2 fully saturated rings. The molecule has 0 bridgehead atoms. The van der Waals surface area contributed by atoms with E-state index in [-0.39, 0.29) is 22.3 Å². The molecular formula is C25H35N5O2S2. The average Bonchev–Trinajstić information content (AvgIpc) is 3.41.